The van der Waals surface area contributed by atoms with Gasteiger partial charge in [-0.05, 0) is 31.2 Å². The van der Waals surface area contributed by atoms with Gasteiger partial charge in [-0.15, -0.1) is 0 Å². The Morgan fingerprint density at radius 3 is 2.68 bits per heavy atom. The predicted octanol–water partition coefficient (Wildman–Crippen LogP) is 1.53. The van der Waals surface area contributed by atoms with E-state index in [-0.39, 0.29) is 12.0 Å². The zero-order chi connectivity index (χ0) is 13.9. The fraction of sp³-hybridized carbons (Fsp3) is 0.500. The number of hydrogen-bond donors (Lipinski definition) is 2. The monoisotopic (exact) mass is 264 g/mol. The van der Waals surface area contributed by atoms with E-state index >= 15 is 0 Å². The zero-order valence-corrected chi connectivity index (χ0v) is 11.3. The van der Waals surface area contributed by atoms with Gasteiger partial charge in [0, 0.05) is 25.1 Å². The Morgan fingerprint density at radius 2 is 2.16 bits per heavy atom. The second kappa shape index (κ2) is 5.48. The molecule has 1 aliphatic heterocycles. The first kappa shape index (κ1) is 13.7. The van der Waals surface area contributed by atoms with Crippen molar-refractivity contribution >= 4 is 11.6 Å². The molecule has 1 saturated heterocycles. The molecule has 0 aromatic heterocycles. The fourth-order valence-electron chi connectivity index (χ4n) is 2.44. The van der Waals surface area contributed by atoms with Crippen molar-refractivity contribution < 1.29 is 14.3 Å². The minimum atomic E-state index is -0.730. The lowest BCUT2D eigenvalue weighted by Gasteiger charge is -2.38. The predicted molar refractivity (Wildman–Crippen MR) is 73.2 cm³/mol. The van der Waals surface area contributed by atoms with E-state index in [1.807, 2.05) is 31.2 Å². The average Bonchev–Trinajstić information content (AvgIpc) is 2.39. The molecule has 1 heterocycles. The molecule has 0 bridgehead atoms. The molecule has 1 aromatic carbocycles. The van der Waals surface area contributed by atoms with Crippen LogP contribution in [0.5, 0.6) is 5.75 Å². The van der Waals surface area contributed by atoms with Gasteiger partial charge < -0.3 is 20.5 Å². The summed E-state index contributed by atoms with van der Waals surface area (Å²) in [5.41, 5.74) is 5.71. The van der Waals surface area contributed by atoms with Crippen molar-refractivity contribution in [1.29, 1.82) is 0 Å². The summed E-state index contributed by atoms with van der Waals surface area (Å²) < 4.78 is 10.6. The summed E-state index contributed by atoms with van der Waals surface area (Å²) in [6.07, 6.45) is 1.18. The van der Waals surface area contributed by atoms with Gasteiger partial charge >= 0.3 is 0 Å². The lowest BCUT2D eigenvalue weighted by Crippen LogP contribution is -2.55. The molecule has 104 valence electrons. The van der Waals surface area contributed by atoms with Crippen LogP contribution in [0, 0.1) is 0 Å². The molecule has 0 aliphatic carbocycles. The Hall–Kier alpha value is -1.75. The van der Waals surface area contributed by atoms with E-state index < -0.39 is 5.54 Å². The highest BCUT2D eigenvalue weighted by Gasteiger charge is 2.40. The molecule has 0 saturated carbocycles. The van der Waals surface area contributed by atoms with Gasteiger partial charge in [-0.3, -0.25) is 4.79 Å². The number of nitrogens with two attached hydrogens (primary N) is 1. The third-order valence-corrected chi connectivity index (χ3v) is 3.51. The van der Waals surface area contributed by atoms with Crippen molar-refractivity contribution in [3.8, 4) is 5.75 Å². The molecule has 1 aromatic rings. The summed E-state index contributed by atoms with van der Waals surface area (Å²) in [6.45, 7) is 2.49. The summed E-state index contributed by atoms with van der Waals surface area (Å²) in [5.74, 6) is 0.442. The van der Waals surface area contributed by atoms with E-state index in [9.17, 15) is 4.79 Å². The summed E-state index contributed by atoms with van der Waals surface area (Å²) >= 11 is 0. The largest absolute Gasteiger partial charge is 0.497 e. The lowest BCUT2D eigenvalue weighted by molar-refractivity contribution is -0.127. The van der Waals surface area contributed by atoms with Gasteiger partial charge in [0.25, 0.3) is 0 Å². The molecule has 1 amide bonds. The molecule has 3 N–H and O–H groups in total. The second-order valence-corrected chi connectivity index (χ2v) is 4.94. The number of carbonyl (C=O) groups excluding carboxylic acids is 1. The van der Waals surface area contributed by atoms with Gasteiger partial charge in [-0.1, -0.05) is 0 Å². The molecular weight excluding hydrogens is 244 g/mol. The first-order chi connectivity index (χ1) is 9.05. The topological polar surface area (TPSA) is 73.6 Å². The molecule has 2 rings (SSSR count). The van der Waals surface area contributed by atoms with E-state index in [2.05, 4.69) is 5.32 Å². The van der Waals surface area contributed by atoms with Crippen molar-refractivity contribution in [2.45, 2.75) is 31.4 Å². The maximum Gasteiger partial charge on any atom is 0.243 e. The minimum absolute atomic E-state index is 0.0204. The standard InChI is InChI=1S/C14H20N2O3/c1-10-9-14(13(15)17,7-8-19-10)16-11-3-5-12(18-2)6-4-11/h3-6,10,16H,7-9H2,1-2H3,(H2,15,17). The maximum absolute atomic E-state index is 11.8. The number of nitrogens with one attached hydrogen (secondary N) is 1. The Labute approximate surface area is 113 Å². The number of anilines is 1. The highest BCUT2D eigenvalue weighted by atomic mass is 16.5. The van der Waals surface area contributed by atoms with Crippen LogP contribution in [0.25, 0.3) is 0 Å². The molecule has 2 unspecified atom stereocenters. The maximum atomic E-state index is 11.8. The Bertz CT molecular complexity index is 447. The van der Waals surface area contributed by atoms with E-state index in [1.54, 1.807) is 7.11 Å². The van der Waals surface area contributed by atoms with Crippen LogP contribution in [-0.2, 0) is 9.53 Å². The number of hydrogen-bond acceptors (Lipinski definition) is 4. The Balaban J connectivity index is 2.18. The summed E-state index contributed by atoms with van der Waals surface area (Å²) in [6, 6.07) is 7.45. The van der Waals surface area contributed by atoms with Crippen molar-refractivity contribution in [2.75, 3.05) is 19.0 Å². The van der Waals surface area contributed by atoms with Crippen LogP contribution in [-0.4, -0.2) is 31.3 Å². The van der Waals surface area contributed by atoms with Crippen LogP contribution < -0.4 is 15.8 Å². The van der Waals surface area contributed by atoms with E-state index in [4.69, 9.17) is 15.2 Å². The Kier molecular flexibility index (Phi) is 3.95. The number of ether oxygens (including phenoxy) is 2. The van der Waals surface area contributed by atoms with Gasteiger partial charge in [0.1, 0.15) is 11.3 Å². The van der Waals surface area contributed by atoms with E-state index in [0.29, 0.717) is 19.4 Å². The van der Waals surface area contributed by atoms with Crippen molar-refractivity contribution in [2.24, 2.45) is 5.73 Å². The number of carbonyl (C=O) groups is 1. The third kappa shape index (κ3) is 2.98. The van der Waals surface area contributed by atoms with Crippen LogP contribution >= 0.6 is 0 Å². The fourth-order valence-corrected chi connectivity index (χ4v) is 2.44. The Morgan fingerprint density at radius 1 is 1.47 bits per heavy atom. The van der Waals surface area contributed by atoms with E-state index in [0.717, 1.165) is 11.4 Å². The summed E-state index contributed by atoms with van der Waals surface area (Å²) in [5, 5.41) is 3.27. The van der Waals surface area contributed by atoms with Crippen LogP contribution in [0.15, 0.2) is 24.3 Å². The number of rotatable bonds is 4. The van der Waals surface area contributed by atoms with Crippen molar-refractivity contribution in [3.63, 3.8) is 0 Å². The number of primary amides is 1. The first-order valence-electron chi connectivity index (χ1n) is 6.39. The van der Waals surface area contributed by atoms with Crippen molar-refractivity contribution in [3.05, 3.63) is 24.3 Å². The van der Waals surface area contributed by atoms with Crippen LogP contribution in [0.2, 0.25) is 0 Å². The molecular formula is C14H20N2O3. The number of methoxy groups -OCH3 is 1. The molecule has 1 aliphatic rings. The van der Waals surface area contributed by atoms with E-state index in [1.165, 1.54) is 0 Å². The third-order valence-electron chi connectivity index (χ3n) is 3.51. The van der Waals surface area contributed by atoms with Gasteiger partial charge in [-0.2, -0.15) is 0 Å². The van der Waals surface area contributed by atoms with Crippen LogP contribution in [0.4, 0.5) is 5.69 Å². The number of benzene rings is 1. The summed E-state index contributed by atoms with van der Waals surface area (Å²) in [7, 11) is 1.62. The second-order valence-electron chi connectivity index (χ2n) is 4.94. The highest BCUT2D eigenvalue weighted by Crippen LogP contribution is 2.29. The lowest BCUT2D eigenvalue weighted by atomic mass is 9.86. The molecule has 0 radical (unpaired) electrons. The minimum Gasteiger partial charge on any atom is -0.497 e. The van der Waals surface area contributed by atoms with Gasteiger partial charge in [0.15, 0.2) is 0 Å². The van der Waals surface area contributed by atoms with Crippen molar-refractivity contribution in [1.82, 2.24) is 0 Å². The summed E-state index contributed by atoms with van der Waals surface area (Å²) in [4.78, 5) is 11.8. The SMILES string of the molecule is COc1ccc(NC2(C(N)=O)CCOC(C)C2)cc1. The first-order valence-corrected chi connectivity index (χ1v) is 6.39. The van der Waals surface area contributed by atoms with Crippen LogP contribution in [0.1, 0.15) is 19.8 Å². The molecule has 2 atom stereocenters. The molecule has 0 spiro atoms. The normalized spacial score (nSPS) is 26.7. The van der Waals surface area contributed by atoms with Gasteiger partial charge in [0.05, 0.1) is 13.2 Å². The van der Waals surface area contributed by atoms with Gasteiger partial charge in [0.2, 0.25) is 5.91 Å². The zero-order valence-electron chi connectivity index (χ0n) is 11.3. The molecule has 5 heteroatoms. The quantitative estimate of drug-likeness (QED) is 0.865. The number of amides is 1. The molecule has 19 heavy (non-hydrogen) atoms. The van der Waals surface area contributed by atoms with Crippen LogP contribution in [0.3, 0.4) is 0 Å². The smallest absolute Gasteiger partial charge is 0.243 e. The molecule has 1 fully saturated rings. The van der Waals surface area contributed by atoms with Gasteiger partial charge in [-0.25, -0.2) is 0 Å². The average molecular weight is 264 g/mol. The highest BCUT2D eigenvalue weighted by molar-refractivity contribution is 5.88. The molecule has 5 nitrogen and oxygen atoms in total.